The van der Waals surface area contributed by atoms with Crippen LogP contribution < -0.4 is 11.1 Å². The molecule has 0 bridgehead atoms. The quantitative estimate of drug-likeness (QED) is 0.574. The van der Waals surface area contributed by atoms with Crippen molar-refractivity contribution in [2.24, 2.45) is 0 Å². The van der Waals surface area contributed by atoms with E-state index in [9.17, 15) is 9.18 Å². The monoisotopic (exact) mass is 444 g/mol. The number of amides is 1. The van der Waals surface area contributed by atoms with Crippen LogP contribution in [0.1, 0.15) is 48.7 Å². The topological polar surface area (TPSA) is 71.2 Å². The third-order valence-electron chi connectivity index (χ3n) is 7.24. The molecule has 3 N–H and O–H groups in total. The molecule has 1 unspecified atom stereocenters. The van der Waals surface area contributed by atoms with E-state index < -0.39 is 11.5 Å². The maximum absolute atomic E-state index is 14.9. The number of halogens is 1. The predicted molar refractivity (Wildman–Crippen MR) is 129 cm³/mol. The first-order chi connectivity index (χ1) is 15.6. The highest BCUT2D eigenvalue weighted by Gasteiger charge is 2.35. The normalized spacial score (nSPS) is 21.8. The Morgan fingerprint density at radius 1 is 1.00 bits per heavy atom. The van der Waals surface area contributed by atoms with E-state index in [2.05, 4.69) is 41.3 Å². The summed E-state index contributed by atoms with van der Waals surface area (Å²) in [5.41, 5.74) is 11.2. The van der Waals surface area contributed by atoms with Crippen molar-refractivity contribution in [3.8, 4) is 22.3 Å². The minimum absolute atomic E-state index is 0.0883. The molecule has 5 nitrogen and oxygen atoms in total. The molecule has 0 saturated carbocycles. The zero-order valence-corrected chi connectivity index (χ0v) is 19.5. The van der Waals surface area contributed by atoms with Crippen LogP contribution in [-0.4, -0.2) is 35.9 Å². The SMILES string of the molecule is CN1CCC(C)(c2ccc(-c3cc(-c4ccc5c(c4)C(C)(C)NC5=O)c(N)nc3F)cc2)C1. The lowest BCUT2D eigenvalue weighted by Crippen LogP contribution is -2.32. The molecule has 2 aliphatic heterocycles. The van der Waals surface area contributed by atoms with Gasteiger partial charge in [0.05, 0.1) is 5.54 Å². The van der Waals surface area contributed by atoms with E-state index in [0.717, 1.165) is 36.2 Å². The maximum Gasteiger partial charge on any atom is 0.252 e. The Balaban J connectivity index is 1.54. The number of hydrogen-bond donors (Lipinski definition) is 2. The van der Waals surface area contributed by atoms with Gasteiger partial charge in [0, 0.05) is 28.7 Å². The van der Waals surface area contributed by atoms with Crippen LogP contribution in [-0.2, 0) is 11.0 Å². The van der Waals surface area contributed by atoms with Gasteiger partial charge in [-0.3, -0.25) is 4.79 Å². The van der Waals surface area contributed by atoms with Crippen LogP contribution in [0.3, 0.4) is 0 Å². The van der Waals surface area contributed by atoms with E-state index >= 15 is 0 Å². The smallest absolute Gasteiger partial charge is 0.252 e. The highest BCUT2D eigenvalue weighted by atomic mass is 19.1. The summed E-state index contributed by atoms with van der Waals surface area (Å²) in [5.74, 6) is -0.548. The van der Waals surface area contributed by atoms with E-state index in [1.165, 1.54) is 5.56 Å². The van der Waals surface area contributed by atoms with E-state index in [0.29, 0.717) is 16.7 Å². The maximum atomic E-state index is 14.9. The number of nitrogen functional groups attached to an aromatic ring is 1. The Labute approximate surface area is 193 Å². The molecule has 3 aromatic rings. The van der Waals surface area contributed by atoms with Crippen LogP contribution >= 0.6 is 0 Å². The average Bonchev–Trinajstić information content (AvgIpc) is 3.23. The summed E-state index contributed by atoms with van der Waals surface area (Å²) in [4.78, 5) is 18.6. The number of anilines is 1. The number of hydrogen-bond acceptors (Lipinski definition) is 4. The molecule has 1 fully saturated rings. The molecule has 2 aliphatic rings. The third kappa shape index (κ3) is 3.59. The van der Waals surface area contributed by atoms with Crippen LogP contribution in [0.5, 0.6) is 0 Å². The highest BCUT2D eigenvalue weighted by molar-refractivity contribution is 6.00. The number of benzene rings is 2. The molecular weight excluding hydrogens is 415 g/mol. The molecule has 1 aromatic heterocycles. The molecule has 0 aliphatic carbocycles. The van der Waals surface area contributed by atoms with Gasteiger partial charge in [-0.2, -0.15) is 4.39 Å². The van der Waals surface area contributed by atoms with E-state index in [4.69, 9.17) is 5.73 Å². The van der Waals surface area contributed by atoms with E-state index in [-0.39, 0.29) is 17.1 Å². The molecule has 1 atom stereocenters. The number of rotatable bonds is 3. The van der Waals surface area contributed by atoms with Crippen molar-refractivity contribution >= 4 is 11.7 Å². The second kappa shape index (κ2) is 7.39. The molecule has 33 heavy (non-hydrogen) atoms. The summed E-state index contributed by atoms with van der Waals surface area (Å²) < 4.78 is 14.9. The molecule has 2 aromatic carbocycles. The highest BCUT2D eigenvalue weighted by Crippen LogP contribution is 2.38. The minimum atomic E-state index is -0.589. The van der Waals surface area contributed by atoms with Crippen molar-refractivity contribution in [3.63, 3.8) is 0 Å². The van der Waals surface area contributed by atoms with Gasteiger partial charge in [-0.15, -0.1) is 0 Å². The van der Waals surface area contributed by atoms with Crippen molar-refractivity contribution in [1.29, 1.82) is 0 Å². The second-order valence-corrected chi connectivity index (χ2v) is 10.2. The zero-order valence-electron chi connectivity index (χ0n) is 19.5. The number of carbonyl (C=O) groups is 1. The summed E-state index contributed by atoms with van der Waals surface area (Å²) >= 11 is 0. The van der Waals surface area contributed by atoms with E-state index in [1.54, 1.807) is 12.1 Å². The summed E-state index contributed by atoms with van der Waals surface area (Å²) in [6.45, 7) is 8.30. The number of nitrogens with one attached hydrogen (secondary N) is 1. The molecule has 6 heteroatoms. The van der Waals surface area contributed by atoms with Gasteiger partial charge in [-0.25, -0.2) is 4.98 Å². The second-order valence-electron chi connectivity index (χ2n) is 10.2. The Morgan fingerprint density at radius 2 is 1.70 bits per heavy atom. The van der Waals surface area contributed by atoms with Crippen LogP contribution in [0.4, 0.5) is 10.2 Å². The largest absolute Gasteiger partial charge is 0.383 e. The molecular formula is C27H29FN4O. The van der Waals surface area contributed by atoms with Gasteiger partial charge in [0.25, 0.3) is 5.91 Å². The Hall–Kier alpha value is -3.25. The Morgan fingerprint density at radius 3 is 2.36 bits per heavy atom. The molecule has 0 spiro atoms. The number of nitrogens with zero attached hydrogens (tertiary/aromatic N) is 2. The average molecular weight is 445 g/mol. The van der Waals surface area contributed by atoms with Crippen molar-refractivity contribution in [2.75, 3.05) is 25.9 Å². The molecule has 5 rings (SSSR count). The minimum Gasteiger partial charge on any atom is -0.383 e. The van der Waals surface area contributed by atoms with Gasteiger partial charge < -0.3 is 16.0 Å². The van der Waals surface area contributed by atoms with Gasteiger partial charge in [0.1, 0.15) is 5.82 Å². The fraction of sp³-hybridized carbons (Fsp3) is 0.333. The number of fused-ring (bicyclic) bond motifs is 1. The van der Waals surface area contributed by atoms with Gasteiger partial charge in [0.15, 0.2) is 0 Å². The van der Waals surface area contributed by atoms with Crippen LogP contribution in [0.15, 0.2) is 48.5 Å². The predicted octanol–water partition coefficient (Wildman–Crippen LogP) is 4.71. The Kier molecular flexibility index (Phi) is 4.83. The van der Waals surface area contributed by atoms with Crippen LogP contribution in [0.25, 0.3) is 22.3 Å². The van der Waals surface area contributed by atoms with Crippen molar-refractivity contribution in [1.82, 2.24) is 15.2 Å². The number of pyridine rings is 1. The van der Waals surface area contributed by atoms with Gasteiger partial charge in [-0.1, -0.05) is 37.3 Å². The number of likely N-dealkylation sites (N-methyl/N-ethyl adjacent to an activating group) is 1. The lowest BCUT2D eigenvalue weighted by atomic mass is 9.81. The van der Waals surface area contributed by atoms with Crippen LogP contribution in [0.2, 0.25) is 0 Å². The summed E-state index contributed by atoms with van der Waals surface area (Å²) in [6, 6.07) is 15.5. The molecule has 1 saturated heterocycles. The first-order valence-electron chi connectivity index (χ1n) is 11.3. The summed E-state index contributed by atoms with van der Waals surface area (Å²) in [7, 11) is 2.14. The number of aromatic nitrogens is 1. The Bertz CT molecular complexity index is 1270. The van der Waals surface area contributed by atoms with E-state index in [1.807, 2.05) is 38.1 Å². The van der Waals surface area contributed by atoms with Gasteiger partial charge in [0.2, 0.25) is 5.95 Å². The fourth-order valence-electron chi connectivity index (χ4n) is 5.26. The fourth-order valence-corrected chi connectivity index (χ4v) is 5.26. The summed E-state index contributed by atoms with van der Waals surface area (Å²) in [6.07, 6.45) is 1.11. The molecule has 170 valence electrons. The molecule has 1 amide bonds. The number of nitrogens with two attached hydrogens (primary N) is 1. The zero-order chi connectivity index (χ0) is 23.5. The number of carbonyl (C=O) groups excluding carboxylic acids is 1. The lowest BCUT2D eigenvalue weighted by Gasteiger charge is -2.24. The van der Waals surface area contributed by atoms with Crippen molar-refractivity contribution in [3.05, 3.63) is 71.2 Å². The van der Waals surface area contributed by atoms with Crippen LogP contribution in [0, 0.1) is 5.95 Å². The van der Waals surface area contributed by atoms with Gasteiger partial charge >= 0.3 is 0 Å². The van der Waals surface area contributed by atoms with Gasteiger partial charge in [-0.05, 0) is 74.3 Å². The summed E-state index contributed by atoms with van der Waals surface area (Å²) in [5, 5.41) is 2.98. The molecule has 3 heterocycles. The third-order valence-corrected chi connectivity index (χ3v) is 7.24. The number of likely N-dealkylation sites (tertiary alicyclic amines) is 1. The van der Waals surface area contributed by atoms with Crippen molar-refractivity contribution < 1.29 is 9.18 Å². The standard InChI is InChI=1S/C27H29FN4O/c1-26(2)22-13-17(7-10-19(22)25(33)31-26)21-14-20(23(28)30-24(21)29)16-5-8-18(9-6-16)27(3)11-12-32(4)15-27/h5-10,13-14H,11-12,15H2,1-4H3,(H2,29,30)(H,31,33). The first-order valence-corrected chi connectivity index (χ1v) is 11.3. The molecule has 0 radical (unpaired) electrons. The lowest BCUT2D eigenvalue weighted by molar-refractivity contribution is 0.0940. The first kappa shape index (κ1) is 21.6. The van der Waals surface area contributed by atoms with Crippen molar-refractivity contribution in [2.45, 2.75) is 38.1 Å².